The summed E-state index contributed by atoms with van der Waals surface area (Å²) in [6.07, 6.45) is -0.145. The smallest absolute Gasteiger partial charge is 0.311 e. The summed E-state index contributed by atoms with van der Waals surface area (Å²) < 4.78 is 25.1. The van der Waals surface area contributed by atoms with Crippen molar-refractivity contribution in [1.82, 2.24) is 25.8 Å². The zero-order valence-corrected chi connectivity index (χ0v) is 20.3. The normalized spacial score (nSPS) is 11.9. The van der Waals surface area contributed by atoms with E-state index in [1.54, 1.807) is 32.0 Å². The van der Waals surface area contributed by atoms with Crippen LogP contribution in [0.25, 0.3) is 22.5 Å². The molecule has 186 valence electrons. The van der Waals surface area contributed by atoms with Crippen LogP contribution in [-0.4, -0.2) is 31.8 Å². The molecular formula is C28H24FN5O3. The molecule has 1 N–H and O–H groups in total. The average molecular weight is 498 g/mol. The highest BCUT2D eigenvalue weighted by Crippen LogP contribution is 2.30. The molecule has 0 aliphatic heterocycles. The van der Waals surface area contributed by atoms with E-state index in [4.69, 9.17) is 9.26 Å². The van der Waals surface area contributed by atoms with Crippen LogP contribution >= 0.6 is 0 Å². The monoisotopic (exact) mass is 497 g/mol. The van der Waals surface area contributed by atoms with E-state index in [2.05, 4.69) is 25.8 Å². The maximum atomic E-state index is 14.0. The summed E-state index contributed by atoms with van der Waals surface area (Å²) in [5.74, 6) is 0.253. The van der Waals surface area contributed by atoms with Gasteiger partial charge in [-0.05, 0) is 36.6 Å². The van der Waals surface area contributed by atoms with Crippen molar-refractivity contribution in [2.24, 2.45) is 0 Å². The molecule has 8 nitrogen and oxygen atoms in total. The van der Waals surface area contributed by atoms with Crippen LogP contribution in [0, 0.1) is 12.7 Å². The topological polar surface area (TPSA) is 107 Å². The van der Waals surface area contributed by atoms with Crippen molar-refractivity contribution in [1.29, 1.82) is 0 Å². The van der Waals surface area contributed by atoms with Gasteiger partial charge >= 0.3 is 5.97 Å². The van der Waals surface area contributed by atoms with Crippen molar-refractivity contribution in [3.63, 3.8) is 0 Å². The number of rotatable bonds is 8. The molecule has 0 saturated carbocycles. The first kappa shape index (κ1) is 24.1. The number of nitrogens with zero attached hydrogens (tertiary/aromatic N) is 4. The van der Waals surface area contributed by atoms with Crippen LogP contribution in [0.1, 0.15) is 41.2 Å². The molecule has 0 spiro atoms. The second-order valence-corrected chi connectivity index (χ2v) is 8.69. The number of aryl methyl sites for hydroxylation is 1. The minimum atomic E-state index is -0.713. The van der Waals surface area contributed by atoms with Crippen molar-refractivity contribution in [2.75, 3.05) is 0 Å². The van der Waals surface area contributed by atoms with E-state index < -0.39 is 17.9 Å². The van der Waals surface area contributed by atoms with Crippen molar-refractivity contribution in [2.45, 2.75) is 32.8 Å². The Morgan fingerprint density at radius 3 is 2.35 bits per heavy atom. The Bertz CT molecular complexity index is 1500. The van der Waals surface area contributed by atoms with E-state index >= 15 is 0 Å². The van der Waals surface area contributed by atoms with Crippen LogP contribution in [0.5, 0.6) is 0 Å². The lowest BCUT2D eigenvalue weighted by atomic mass is 9.99. The third-order valence-electron chi connectivity index (χ3n) is 6.14. The molecule has 0 amide bonds. The Balaban J connectivity index is 1.28. The molecule has 3 aromatic carbocycles. The van der Waals surface area contributed by atoms with E-state index in [1.807, 2.05) is 48.5 Å². The Kier molecular flexibility index (Phi) is 6.85. The third kappa shape index (κ3) is 5.45. The zero-order chi connectivity index (χ0) is 25.8. The molecule has 5 rings (SSSR count). The van der Waals surface area contributed by atoms with Gasteiger partial charge in [0.15, 0.2) is 11.6 Å². The summed E-state index contributed by atoms with van der Waals surface area (Å²) in [4.78, 5) is 12.7. The quantitative estimate of drug-likeness (QED) is 0.286. The summed E-state index contributed by atoms with van der Waals surface area (Å²) in [5, 5.41) is 18.1. The van der Waals surface area contributed by atoms with Crippen molar-refractivity contribution >= 4 is 5.97 Å². The number of ether oxygens (including phenoxy) is 1. The lowest BCUT2D eigenvalue weighted by molar-refractivity contribution is -0.147. The van der Waals surface area contributed by atoms with Gasteiger partial charge in [-0.15, -0.1) is 10.2 Å². The van der Waals surface area contributed by atoms with E-state index in [9.17, 15) is 9.18 Å². The zero-order valence-electron chi connectivity index (χ0n) is 20.3. The highest BCUT2D eigenvalue weighted by Gasteiger charge is 2.21. The first-order valence-electron chi connectivity index (χ1n) is 11.8. The summed E-state index contributed by atoms with van der Waals surface area (Å²) >= 11 is 0. The van der Waals surface area contributed by atoms with E-state index in [0.717, 1.165) is 22.3 Å². The second-order valence-electron chi connectivity index (χ2n) is 8.69. The number of hydrogen-bond donors (Lipinski definition) is 1. The highest BCUT2D eigenvalue weighted by atomic mass is 19.1. The van der Waals surface area contributed by atoms with Gasteiger partial charge in [0.1, 0.15) is 11.9 Å². The number of carbonyl (C=O) groups excluding carboxylic acids is 1. The van der Waals surface area contributed by atoms with Gasteiger partial charge < -0.3 is 9.26 Å². The number of tetrazole rings is 1. The summed E-state index contributed by atoms with van der Waals surface area (Å²) in [5.41, 5.74) is 5.55. The van der Waals surface area contributed by atoms with Gasteiger partial charge in [0, 0.05) is 23.1 Å². The Labute approximate surface area is 212 Å². The average Bonchev–Trinajstić information content (AvgIpc) is 3.55. The molecule has 2 aromatic heterocycles. The molecule has 2 heterocycles. The van der Waals surface area contributed by atoms with Gasteiger partial charge in [-0.3, -0.25) is 4.79 Å². The largest absolute Gasteiger partial charge is 0.457 e. The van der Waals surface area contributed by atoms with Crippen LogP contribution in [0.4, 0.5) is 4.39 Å². The fourth-order valence-electron chi connectivity index (χ4n) is 4.14. The molecule has 1 atom stereocenters. The lowest BCUT2D eigenvalue weighted by Crippen LogP contribution is -2.13. The maximum absolute atomic E-state index is 14.0. The fraction of sp³-hybridized carbons (Fsp3) is 0.179. The first-order valence-corrected chi connectivity index (χ1v) is 11.8. The Morgan fingerprint density at radius 2 is 1.68 bits per heavy atom. The number of esters is 1. The standard InChI is InChI=1S/C28H24FN5O3/c1-17-24(16-27(35)36-18(2)23-5-3-4-6-25(23)29)28(37-32-17)22-13-11-21(12-14-22)20-9-7-19(8-10-20)15-26-30-33-34-31-26/h3-14,18H,15-16H2,1-2H3,(H,30,31,33,34)/t18-/m1/s1. The van der Waals surface area contributed by atoms with Gasteiger partial charge in [0.2, 0.25) is 0 Å². The predicted molar refractivity (Wildman–Crippen MR) is 134 cm³/mol. The van der Waals surface area contributed by atoms with Gasteiger partial charge in [0.05, 0.1) is 12.1 Å². The van der Waals surface area contributed by atoms with Gasteiger partial charge in [-0.2, -0.15) is 5.21 Å². The fourth-order valence-corrected chi connectivity index (χ4v) is 4.14. The van der Waals surface area contributed by atoms with Gasteiger partial charge in [0.25, 0.3) is 0 Å². The number of benzene rings is 3. The van der Waals surface area contributed by atoms with Gasteiger partial charge in [-0.25, -0.2) is 4.39 Å². The molecule has 0 aliphatic carbocycles. The van der Waals surface area contributed by atoms with Crippen molar-refractivity contribution in [3.05, 3.63) is 107 Å². The Morgan fingerprint density at radius 1 is 1.00 bits per heavy atom. The van der Waals surface area contributed by atoms with Gasteiger partial charge in [-0.1, -0.05) is 77.1 Å². The summed E-state index contributed by atoms with van der Waals surface area (Å²) in [6, 6.07) is 22.2. The summed E-state index contributed by atoms with van der Waals surface area (Å²) in [7, 11) is 0. The van der Waals surface area contributed by atoms with Crippen molar-refractivity contribution in [3.8, 4) is 22.5 Å². The predicted octanol–water partition coefficient (Wildman–Crippen LogP) is 5.41. The first-order chi connectivity index (χ1) is 18.0. The number of nitrogens with one attached hydrogen (secondary N) is 1. The van der Waals surface area contributed by atoms with E-state index in [0.29, 0.717) is 34.8 Å². The SMILES string of the molecule is Cc1noc(-c2ccc(-c3ccc(Cc4nn[nH]n4)cc3)cc2)c1CC(=O)O[C@H](C)c1ccccc1F. The molecule has 0 radical (unpaired) electrons. The highest BCUT2D eigenvalue weighted by molar-refractivity contribution is 5.77. The molecule has 5 aromatic rings. The van der Waals surface area contributed by atoms with Crippen LogP contribution in [0.2, 0.25) is 0 Å². The molecule has 0 aliphatic rings. The van der Waals surface area contributed by atoms with Crippen LogP contribution in [0.15, 0.2) is 77.3 Å². The number of aromatic nitrogens is 5. The maximum Gasteiger partial charge on any atom is 0.311 e. The number of hydrogen-bond acceptors (Lipinski definition) is 7. The number of halogens is 1. The molecule has 0 unspecified atom stereocenters. The third-order valence-corrected chi connectivity index (χ3v) is 6.14. The van der Waals surface area contributed by atoms with Crippen LogP contribution in [0.3, 0.4) is 0 Å². The molecule has 0 bridgehead atoms. The summed E-state index contributed by atoms with van der Waals surface area (Å²) in [6.45, 7) is 3.43. The van der Waals surface area contributed by atoms with E-state index in [1.165, 1.54) is 6.07 Å². The Hall–Kier alpha value is -4.66. The molecule has 0 fully saturated rings. The molecule has 37 heavy (non-hydrogen) atoms. The number of H-pyrrole nitrogens is 1. The number of carbonyl (C=O) groups is 1. The van der Waals surface area contributed by atoms with Crippen molar-refractivity contribution < 1.29 is 18.4 Å². The molecular weight excluding hydrogens is 473 g/mol. The molecule has 9 heteroatoms. The van der Waals surface area contributed by atoms with E-state index in [-0.39, 0.29) is 6.42 Å². The molecule has 0 saturated heterocycles. The number of aromatic amines is 1. The lowest BCUT2D eigenvalue weighted by Gasteiger charge is -2.14. The van der Waals surface area contributed by atoms with Crippen LogP contribution < -0.4 is 0 Å². The van der Waals surface area contributed by atoms with Crippen LogP contribution in [-0.2, 0) is 22.4 Å². The minimum absolute atomic E-state index is 0.0347. The minimum Gasteiger partial charge on any atom is -0.457 e. The second kappa shape index (κ2) is 10.5.